The van der Waals surface area contributed by atoms with Gasteiger partial charge in [0.25, 0.3) is 0 Å². The normalized spacial score (nSPS) is 30.1. The Balaban J connectivity index is 2.60. The summed E-state index contributed by atoms with van der Waals surface area (Å²) in [5.74, 6) is -0.709. The molecule has 0 unspecified atom stereocenters. The van der Waals surface area contributed by atoms with Crippen LogP contribution in [0.4, 0.5) is 0 Å². The third kappa shape index (κ3) is 2.56. The van der Waals surface area contributed by atoms with E-state index in [1.165, 1.54) is 19.9 Å². The first kappa shape index (κ1) is 10.7. The smallest absolute Gasteiger partial charge is 0.303 e. The molecule has 14 heavy (non-hydrogen) atoms. The standard InChI is InChI=1S/C9H13NO4/c1-5(11)10-9-7(13)3-4-8(9)14-6(2)12/h3-4,7-9,13H,1-2H3,(H,10,11)/t7-,8+,9+/m1/s1. The first-order valence-electron chi connectivity index (χ1n) is 4.31. The number of ether oxygens (including phenoxy) is 1. The first-order valence-corrected chi connectivity index (χ1v) is 4.31. The minimum Gasteiger partial charge on any atom is -0.456 e. The molecule has 0 saturated carbocycles. The molecule has 5 nitrogen and oxygen atoms in total. The molecule has 0 bridgehead atoms. The molecule has 1 aliphatic rings. The summed E-state index contributed by atoms with van der Waals surface area (Å²) >= 11 is 0. The molecule has 5 heteroatoms. The van der Waals surface area contributed by atoms with Gasteiger partial charge in [-0.2, -0.15) is 0 Å². The van der Waals surface area contributed by atoms with Crippen molar-refractivity contribution in [1.29, 1.82) is 0 Å². The lowest BCUT2D eigenvalue weighted by Crippen LogP contribution is -2.47. The fourth-order valence-corrected chi connectivity index (χ4v) is 1.36. The highest BCUT2D eigenvalue weighted by Gasteiger charge is 2.33. The Morgan fingerprint density at radius 2 is 2.00 bits per heavy atom. The van der Waals surface area contributed by atoms with E-state index in [-0.39, 0.29) is 5.91 Å². The quantitative estimate of drug-likeness (QED) is 0.458. The zero-order valence-electron chi connectivity index (χ0n) is 8.06. The Morgan fingerprint density at radius 3 is 2.50 bits per heavy atom. The van der Waals surface area contributed by atoms with Gasteiger partial charge in [-0.25, -0.2) is 0 Å². The van der Waals surface area contributed by atoms with Gasteiger partial charge in [-0.1, -0.05) is 6.08 Å². The first-order chi connectivity index (χ1) is 6.50. The second-order valence-corrected chi connectivity index (χ2v) is 3.18. The van der Waals surface area contributed by atoms with Crippen LogP contribution in [0.2, 0.25) is 0 Å². The second-order valence-electron chi connectivity index (χ2n) is 3.18. The summed E-state index contributed by atoms with van der Waals surface area (Å²) < 4.78 is 4.89. The van der Waals surface area contributed by atoms with Gasteiger partial charge < -0.3 is 15.2 Å². The lowest BCUT2D eigenvalue weighted by atomic mass is 10.1. The van der Waals surface area contributed by atoms with Crippen molar-refractivity contribution in [2.75, 3.05) is 0 Å². The van der Waals surface area contributed by atoms with Crippen molar-refractivity contribution in [3.63, 3.8) is 0 Å². The molecule has 1 aliphatic carbocycles. The van der Waals surface area contributed by atoms with Gasteiger partial charge in [0.2, 0.25) is 5.91 Å². The summed E-state index contributed by atoms with van der Waals surface area (Å²) in [6, 6.07) is -0.573. The fourth-order valence-electron chi connectivity index (χ4n) is 1.36. The van der Waals surface area contributed by atoms with Crippen molar-refractivity contribution in [2.24, 2.45) is 0 Å². The van der Waals surface area contributed by atoms with Gasteiger partial charge in [-0.15, -0.1) is 0 Å². The minimum absolute atomic E-state index is 0.269. The topological polar surface area (TPSA) is 75.6 Å². The van der Waals surface area contributed by atoms with Gasteiger partial charge in [0.15, 0.2) is 0 Å². The highest BCUT2D eigenvalue weighted by atomic mass is 16.5. The van der Waals surface area contributed by atoms with Gasteiger partial charge in [-0.05, 0) is 6.08 Å². The maximum absolute atomic E-state index is 10.8. The predicted octanol–water partition coefficient (Wildman–Crippen LogP) is -0.647. The Hall–Kier alpha value is -1.36. The van der Waals surface area contributed by atoms with Crippen LogP contribution in [0.1, 0.15) is 13.8 Å². The minimum atomic E-state index is -0.803. The summed E-state index contributed by atoms with van der Waals surface area (Å²) in [6.07, 6.45) is 1.68. The molecular weight excluding hydrogens is 186 g/mol. The number of rotatable bonds is 2. The number of hydrogen-bond donors (Lipinski definition) is 2. The third-order valence-electron chi connectivity index (χ3n) is 1.89. The lowest BCUT2D eigenvalue weighted by Gasteiger charge is -2.22. The summed E-state index contributed by atoms with van der Waals surface area (Å²) in [4.78, 5) is 21.5. The van der Waals surface area contributed by atoms with Gasteiger partial charge >= 0.3 is 5.97 Å². The van der Waals surface area contributed by atoms with Crippen molar-refractivity contribution in [3.8, 4) is 0 Å². The van der Waals surface area contributed by atoms with Crippen LogP contribution in [-0.2, 0) is 14.3 Å². The molecule has 0 aromatic heterocycles. The molecule has 0 saturated heterocycles. The molecule has 2 N–H and O–H groups in total. The van der Waals surface area contributed by atoms with Crippen LogP contribution < -0.4 is 5.32 Å². The van der Waals surface area contributed by atoms with Crippen LogP contribution in [0.3, 0.4) is 0 Å². The molecule has 0 fully saturated rings. The summed E-state index contributed by atoms with van der Waals surface area (Å²) in [5.41, 5.74) is 0. The van der Waals surface area contributed by atoms with E-state index >= 15 is 0 Å². The van der Waals surface area contributed by atoms with Crippen LogP contribution in [0.15, 0.2) is 12.2 Å². The average Bonchev–Trinajstić information content (AvgIpc) is 2.34. The number of nitrogens with one attached hydrogen (secondary N) is 1. The molecule has 0 radical (unpaired) electrons. The maximum atomic E-state index is 10.8. The summed E-state index contributed by atoms with van der Waals surface area (Å²) in [7, 11) is 0. The van der Waals surface area contributed by atoms with Gasteiger partial charge in [0.1, 0.15) is 6.10 Å². The second kappa shape index (κ2) is 4.23. The van der Waals surface area contributed by atoms with Crippen LogP contribution in [0.5, 0.6) is 0 Å². The average molecular weight is 199 g/mol. The van der Waals surface area contributed by atoms with Crippen molar-refractivity contribution in [1.82, 2.24) is 5.32 Å². The number of aliphatic hydroxyl groups excluding tert-OH is 1. The fraction of sp³-hybridized carbons (Fsp3) is 0.556. The number of esters is 1. The third-order valence-corrected chi connectivity index (χ3v) is 1.89. The zero-order chi connectivity index (χ0) is 10.7. The van der Waals surface area contributed by atoms with E-state index in [1.807, 2.05) is 0 Å². The molecule has 3 atom stereocenters. The zero-order valence-corrected chi connectivity index (χ0v) is 8.06. The SMILES string of the molecule is CC(=O)N[C@H]1[C@H](O)C=C[C@@H]1OC(C)=O. The van der Waals surface area contributed by atoms with E-state index in [0.717, 1.165) is 0 Å². The van der Waals surface area contributed by atoms with Crippen LogP contribution in [0, 0.1) is 0 Å². The molecule has 0 aromatic rings. The number of hydrogen-bond acceptors (Lipinski definition) is 4. The van der Waals surface area contributed by atoms with Crippen LogP contribution in [0.25, 0.3) is 0 Å². The Bertz CT molecular complexity index is 274. The van der Waals surface area contributed by atoms with Gasteiger partial charge in [-0.3, -0.25) is 9.59 Å². The lowest BCUT2D eigenvalue weighted by molar-refractivity contribution is -0.146. The monoisotopic (exact) mass is 199 g/mol. The highest BCUT2D eigenvalue weighted by Crippen LogP contribution is 2.15. The molecule has 0 spiro atoms. The maximum Gasteiger partial charge on any atom is 0.303 e. The van der Waals surface area contributed by atoms with E-state index < -0.39 is 24.2 Å². The molecule has 78 valence electrons. The van der Waals surface area contributed by atoms with Gasteiger partial charge in [0, 0.05) is 13.8 Å². The van der Waals surface area contributed by atoms with Crippen LogP contribution in [-0.4, -0.2) is 35.2 Å². The molecule has 1 amide bonds. The molecular formula is C9H13NO4. The predicted molar refractivity (Wildman–Crippen MR) is 48.3 cm³/mol. The van der Waals surface area contributed by atoms with Gasteiger partial charge in [0.05, 0.1) is 12.1 Å². The Kier molecular flexibility index (Phi) is 3.24. The largest absolute Gasteiger partial charge is 0.456 e. The molecule has 0 aliphatic heterocycles. The van der Waals surface area contributed by atoms with E-state index in [0.29, 0.717) is 0 Å². The van der Waals surface area contributed by atoms with E-state index in [2.05, 4.69) is 5.32 Å². The number of carbonyl (C=O) groups is 2. The van der Waals surface area contributed by atoms with Crippen molar-refractivity contribution < 1.29 is 19.4 Å². The van der Waals surface area contributed by atoms with E-state index in [4.69, 9.17) is 4.74 Å². The number of aliphatic hydroxyl groups is 1. The van der Waals surface area contributed by atoms with E-state index in [1.54, 1.807) is 6.08 Å². The molecule has 0 heterocycles. The number of carbonyl (C=O) groups excluding carboxylic acids is 2. The van der Waals surface area contributed by atoms with E-state index in [9.17, 15) is 14.7 Å². The Morgan fingerprint density at radius 1 is 1.36 bits per heavy atom. The molecule has 0 aromatic carbocycles. The molecule has 1 rings (SSSR count). The van der Waals surface area contributed by atoms with Crippen molar-refractivity contribution in [3.05, 3.63) is 12.2 Å². The van der Waals surface area contributed by atoms with Crippen molar-refractivity contribution >= 4 is 11.9 Å². The van der Waals surface area contributed by atoms with Crippen molar-refractivity contribution in [2.45, 2.75) is 32.1 Å². The summed E-state index contributed by atoms with van der Waals surface area (Å²) in [5, 5.41) is 11.9. The highest BCUT2D eigenvalue weighted by molar-refractivity contribution is 5.73. The van der Waals surface area contributed by atoms with Crippen LogP contribution >= 0.6 is 0 Å². The number of amides is 1. The Labute approximate surface area is 81.7 Å². The summed E-state index contributed by atoms with van der Waals surface area (Å²) in [6.45, 7) is 2.62.